The first-order chi connectivity index (χ1) is 14.0. The molecule has 4 rings (SSSR count). The molecule has 1 aliphatic rings. The zero-order chi connectivity index (χ0) is 20.4. The monoisotopic (exact) mass is 412 g/mol. The molecule has 0 amide bonds. The Bertz CT molecular complexity index is 1070. The molecule has 2 aromatic carbocycles. The summed E-state index contributed by atoms with van der Waals surface area (Å²) < 4.78 is 11.7. The fourth-order valence-corrected chi connectivity index (χ4v) is 4.23. The Labute approximate surface area is 176 Å². The van der Waals surface area contributed by atoms with E-state index in [1.54, 1.807) is 6.07 Å². The molecule has 0 saturated heterocycles. The van der Waals surface area contributed by atoms with E-state index in [2.05, 4.69) is 25.1 Å². The van der Waals surface area contributed by atoms with Gasteiger partial charge < -0.3 is 9.15 Å². The lowest BCUT2D eigenvalue weighted by molar-refractivity contribution is -0.932. The predicted molar refractivity (Wildman–Crippen MR) is 116 cm³/mol. The number of halogens is 1. The van der Waals surface area contributed by atoms with Crippen LogP contribution >= 0.6 is 11.6 Å². The number of benzene rings is 2. The lowest BCUT2D eigenvalue weighted by atomic mass is 9.98. The summed E-state index contributed by atoms with van der Waals surface area (Å²) in [6, 6.07) is 11.9. The first-order valence-corrected chi connectivity index (χ1v) is 10.7. The third-order valence-corrected chi connectivity index (χ3v) is 5.97. The van der Waals surface area contributed by atoms with Gasteiger partial charge in [0, 0.05) is 34.0 Å². The third kappa shape index (κ3) is 4.34. The van der Waals surface area contributed by atoms with E-state index in [0.717, 1.165) is 66.1 Å². The molecule has 0 aliphatic carbocycles. The molecule has 29 heavy (non-hydrogen) atoms. The maximum atomic E-state index is 12.1. The fraction of sp³-hybridized carbons (Fsp3) is 0.375. The molecule has 5 heteroatoms. The average molecular weight is 413 g/mol. The van der Waals surface area contributed by atoms with Gasteiger partial charge in [0.25, 0.3) is 0 Å². The van der Waals surface area contributed by atoms with Crippen LogP contribution in [-0.4, -0.2) is 13.3 Å². The van der Waals surface area contributed by atoms with Gasteiger partial charge in [-0.2, -0.15) is 0 Å². The Morgan fingerprint density at radius 3 is 2.69 bits per heavy atom. The molecule has 1 unspecified atom stereocenters. The van der Waals surface area contributed by atoms with Crippen molar-refractivity contribution in [1.82, 2.24) is 0 Å². The highest BCUT2D eigenvalue weighted by molar-refractivity contribution is 6.30. The van der Waals surface area contributed by atoms with Crippen LogP contribution in [0.1, 0.15) is 42.0 Å². The highest BCUT2D eigenvalue weighted by Crippen LogP contribution is 2.33. The standard InChI is InChI=1S/C24H26ClNO3/c1-3-4-5-18-13-22(27)29-24-16(2)23-19(12-21(18)24)14-26(15-28-23)11-10-17-6-8-20(25)9-7-17/h6-9,12-13H,3-5,10-11,14-15H2,1-2H3/p+1. The second-order valence-electron chi connectivity index (χ2n) is 7.90. The van der Waals surface area contributed by atoms with Gasteiger partial charge in [0.2, 0.25) is 6.73 Å². The van der Waals surface area contributed by atoms with Gasteiger partial charge in [-0.1, -0.05) is 37.1 Å². The van der Waals surface area contributed by atoms with Crippen LogP contribution in [0, 0.1) is 6.92 Å². The van der Waals surface area contributed by atoms with Gasteiger partial charge in [-0.15, -0.1) is 0 Å². The normalized spacial score (nSPS) is 15.9. The second kappa shape index (κ2) is 8.60. The van der Waals surface area contributed by atoms with E-state index in [-0.39, 0.29) is 5.63 Å². The molecule has 2 heterocycles. The minimum atomic E-state index is -0.280. The first-order valence-electron chi connectivity index (χ1n) is 10.3. The van der Waals surface area contributed by atoms with Crippen molar-refractivity contribution < 1.29 is 14.1 Å². The number of hydrogen-bond acceptors (Lipinski definition) is 3. The number of unbranched alkanes of at least 4 members (excludes halogenated alkanes) is 1. The molecular weight excluding hydrogens is 386 g/mol. The highest BCUT2D eigenvalue weighted by atomic mass is 35.5. The predicted octanol–water partition coefficient (Wildman–Crippen LogP) is 4.07. The van der Waals surface area contributed by atoms with E-state index in [4.69, 9.17) is 20.8 Å². The summed E-state index contributed by atoms with van der Waals surface area (Å²) in [5, 5.41) is 1.82. The van der Waals surface area contributed by atoms with E-state index in [0.29, 0.717) is 12.3 Å². The highest BCUT2D eigenvalue weighted by Gasteiger charge is 2.25. The summed E-state index contributed by atoms with van der Waals surface area (Å²) >= 11 is 5.98. The van der Waals surface area contributed by atoms with Gasteiger partial charge in [-0.25, -0.2) is 4.79 Å². The van der Waals surface area contributed by atoms with E-state index < -0.39 is 0 Å². The number of hydrogen-bond donors (Lipinski definition) is 1. The molecule has 4 nitrogen and oxygen atoms in total. The number of fused-ring (bicyclic) bond motifs is 2. The van der Waals surface area contributed by atoms with Crippen LogP contribution in [0.3, 0.4) is 0 Å². The quantitative estimate of drug-likeness (QED) is 0.620. The van der Waals surface area contributed by atoms with Crippen molar-refractivity contribution >= 4 is 22.6 Å². The van der Waals surface area contributed by atoms with E-state index >= 15 is 0 Å². The zero-order valence-corrected chi connectivity index (χ0v) is 17.8. The van der Waals surface area contributed by atoms with Gasteiger partial charge in [-0.3, -0.25) is 4.90 Å². The molecular formula is C24H27ClNO3+. The topological polar surface area (TPSA) is 43.9 Å². The van der Waals surface area contributed by atoms with E-state index in [1.165, 1.54) is 16.0 Å². The van der Waals surface area contributed by atoms with Crippen molar-refractivity contribution in [2.75, 3.05) is 13.3 Å². The zero-order valence-electron chi connectivity index (χ0n) is 17.0. The van der Waals surface area contributed by atoms with Gasteiger partial charge in [0.05, 0.1) is 6.54 Å². The summed E-state index contributed by atoms with van der Waals surface area (Å²) in [6.07, 6.45) is 4.03. The van der Waals surface area contributed by atoms with Crippen molar-refractivity contribution in [2.24, 2.45) is 0 Å². The molecule has 0 radical (unpaired) electrons. The van der Waals surface area contributed by atoms with Gasteiger partial charge in [0.15, 0.2) is 0 Å². The maximum Gasteiger partial charge on any atom is 0.336 e. The minimum Gasteiger partial charge on any atom is -0.444 e. The fourth-order valence-electron chi connectivity index (χ4n) is 4.11. The summed E-state index contributed by atoms with van der Waals surface area (Å²) in [6.45, 7) is 6.67. The van der Waals surface area contributed by atoms with Crippen LogP contribution in [0.2, 0.25) is 5.02 Å². The summed E-state index contributed by atoms with van der Waals surface area (Å²) in [5.74, 6) is 0.878. The number of rotatable bonds is 6. The Hall–Kier alpha value is -2.30. The van der Waals surface area contributed by atoms with Crippen molar-refractivity contribution in [3.8, 4) is 5.75 Å². The molecule has 0 fully saturated rings. The number of ether oxygens (including phenoxy) is 1. The third-order valence-electron chi connectivity index (χ3n) is 5.72. The molecule has 152 valence electrons. The van der Waals surface area contributed by atoms with Gasteiger partial charge in [0.1, 0.15) is 17.9 Å². The summed E-state index contributed by atoms with van der Waals surface area (Å²) in [4.78, 5) is 13.4. The SMILES string of the molecule is CCCCc1cc(=O)oc2c(C)c3c(cc12)C[NH+](CCc1ccc(Cl)cc1)CO3. The molecule has 0 bridgehead atoms. The maximum absolute atomic E-state index is 12.1. The van der Waals surface area contributed by atoms with Crippen LogP contribution in [0.4, 0.5) is 0 Å². The number of aryl methyl sites for hydroxylation is 2. The van der Waals surface area contributed by atoms with E-state index in [1.807, 2.05) is 19.1 Å². The Balaban J connectivity index is 1.59. The Morgan fingerprint density at radius 2 is 1.93 bits per heavy atom. The van der Waals surface area contributed by atoms with Crippen LogP contribution in [0.25, 0.3) is 11.0 Å². The lowest BCUT2D eigenvalue weighted by Gasteiger charge is -2.27. The van der Waals surface area contributed by atoms with Crippen LogP contribution in [-0.2, 0) is 19.4 Å². The lowest BCUT2D eigenvalue weighted by Crippen LogP contribution is -3.12. The molecule has 1 aromatic heterocycles. The van der Waals surface area contributed by atoms with Crippen molar-refractivity contribution in [1.29, 1.82) is 0 Å². The van der Waals surface area contributed by atoms with Crippen LogP contribution in [0.15, 0.2) is 45.6 Å². The Morgan fingerprint density at radius 1 is 1.14 bits per heavy atom. The number of nitrogens with one attached hydrogen (secondary N) is 1. The van der Waals surface area contributed by atoms with Crippen molar-refractivity contribution in [3.63, 3.8) is 0 Å². The Kier molecular flexibility index (Phi) is 5.93. The van der Waals surface area contributed by atoms with Crippen molar-refractivity contribution in [2.45, 2.75) is 46.1 Å². The summed E-state index contributed by atoms with van der Waals surface area (Å²) in [7, 11) is 0. The molecule has 3 aromatic rings. The molecule has 1 aliphatic heterocycles. The van der Waals surface area contributed by atoms with Crippen molar-refractivity contribution in [3.05, 3.63) is 74.1 Å². The second-order valence-corrected chi connectivity index (χ2v) is 8.34. The molecule has 0 spiro atoms. The first kappa shape index (κ1) is 20.0. The average Bonchev–Trinajstić information content (AvgIpc) is 2.72. The number of quaternary nitrogens is 1. The van der Waals surface area contributed by atoms with Crippen LogP contribution in [0.5, 0.6) is 5.75 Å². The van der Waals surface area contributed by atoms with Crippen LogP contribution < -0.4 is 15.3 Å². The van der Waals surface area contributed by atoms with Gasteiger partial charge in [-0.05, 0) is 49.1 Å². The minimum absolute atomic E-state index is 0.280. The smallest absolute Gasteiger partial charge is 0.336 e. The van der Waals surface area contributed by atoms with Gasteiger partial charge >= 0.3 is 5.63 Å². The van der Waals surface area contributed by atoms with E-state index in [9.17, 15) is 4.79 Å². The molecule has 0 saturated carbocycles. The molecule has 1 atom stereocenters. The molecule has 1 N–H and O–H groups in total. The largest absolute Gasteiger partial charge is 0.444 e. The summed E-state index contributed by atoms with van der Waals surface area (Å²) in [5.41, 5.74) is 4.89.